The molecule has 1 aromatic carbocycles. The van der Waals surface area contributed by atoms with Crippen LogP contribution in [0.15, 0.2) is 40.6 Å². The molecule has 0 bridgehead atoms. The largest absolute Gasteiger partial charge is 0.239 e. The minimum Gasteiger partial charge on any atom is -0.207 e. The maximum absolute atomic E-state index is 13.3. The van der Waals surface area contributed by atoms with Crippen LogP contribution in [-0.4, -0.2) is 19.3 Å². The van der Waals surface area contributed by atoms with E-state index in [1.807, 2.05) is 24.3 Å². The van der Waals surface area contributed by atoms with Crippen molar-refractivity contribution >= 4 is 27.4 Å². The van der Waals surface area contributed by atoms with E-state index in [-0.39, 0.29) is 6.04 Å². The number of fused-ring (bicyclic) bond motifs is 2. The SMILES string of the molecule is CCC1c2ccsc2CCN1S(=O)(=O)C1=Cc2ccccc2CC1. The van der Waals surface area contributed by atoms with Crippen molar-refractivity contribution in [2.45, 2.75) is 38.6 Å². The molecule has 3 nitrogen and oxygen atoms in total. The topological polar surface area (TPSA) is 37.4 Å². The average Bonchev–Trinajstić information content (AvgIpc) is 3.09. The van der Waals surface area contributed by atoms with Gasteiger partial charge < -0.3 is 0 Å². The molecule has 1 unspecified atom stereocenters. The van der Waals surface area contributed by atoms with E-state index >= 15 is 0 Å². The molecule has 5 heteroatoms. The van der Waals surface area contributed by atoms with Gasteiger partial charge in [-0.25, -0.2) is 8.42 Å². The minimum atomic E-state index is -3.41. The second-order valence-corrected chi connectivity index (χ2v) is 9.34. The van der Waals surface area contributed by atoms with Gasteiger partial charge in [0.15, 0.2) is 0 Å². The molecule has 0 fully saturated rings. The molecule has 2 aliphatic rings. The highest BCUT2D eigenvalue weighted by Crippen LogP contribution is 2.40. The summed E-state index contributed by atoms with van der Waals surface area (Å²) in [5.41, 5.74) is 3.49. The van der Waals surface area contributed by atoms with Gasteiger partial charge in [-0.1, -0.05) is 31.2 Å². The summed E-state index contributed by atoms with van der Waals surface area (Å²) < 4.78 is 28.4. The lowest BCUT2D eigenvalue weighted by Crippen LogP contribution is -2.40. The predicted octanol–water partition coefficient (Wildman–Crippen LogP) is 4.37. The fourth-order valence-corrected chi connectivity index (χ4v) is 6.64. The first kappa shape index (κ1) is 16.1. The lowest BCUT2D eigenvalue weighted by molar-refractivity contribution is 0.305. The van der Waals surface area contributed by atoms with Gasteiger partial charge in [-0.3, -0.25) is 0 Å². The first-order valence-corrected chi connectivity index (χ1v) is 10.8. The quantitative estimate of drug-likeness (QED) is 0.816. The highest BCUT2D eigenvalue weighted by atomic mass is 32.2. The molecule has 126 valence electrons. The Morgan fingerprint density at radius 2 is 2.00 bits per heavy atom. The highest BCUT2D eigenvalue weighted by Gasteiger charge is 2.37. The third kappa shape index (κ3) is 2.55. The maximum atomic E-state index is 13.3. The van der Waals surface area contributed by atoms with Crippen molar-refractivity contribution in [2.75, 3.05) is 6.54 Å². The summed E-state index contributed by atoms with van der Waals surface area (Å²) in [5.74, 6) is 0. The van der Waals surface area contributed by atoms with Crippen LogP contribution in [0.4, 0.5) is 0 Å². The summed E-state index contributed by atoms with van der Waals surface area (Å²) in [6.07, 6.45) is 4.92. The van der Waals surface area contributed by atoms with E-state index in [0.29, 0.717) is 17.9 Å². The van der Waals surface area contributed by atoms with E-state index in [9.17, 15) is 8.42 Å². The third-order valence-corrected chi connectivity index (χ3v) is 8.12. The number of sulfonamides is 1. The predicted molar refractivity (Wildman–Crippen MR) is 99.4 cm³/mol. The monoisotopic (exact) mass is 359 g/mol. The Morgan fingerprint density at radius 1 is 1.17 bits per heavy atom. The Kier molecular flexibility index (Phi) is 4.11. The van der Waals surface area contributed by atoms with E-state index in [4.69, 9.17) is 0 Å². The van der Waals surface area contributed by atoms with Crippen LogP contribution >= 0.6 is 11.3 Å². The number of nitrogens with zero attached hydrogens (tertiary/aromatic N) is 1. The minimum absolute atomic E-state index is 0.0249. The zero-order valence-electron chi connectivity index (χ0n) is 13.7. The Labute approximate surface area is 147 Å². The average molecular weight is 360 g/mol. The zero-order chi connectivity index (χ0) is 16.7. The number of rotatable bonds is 3. The fourth-order valence-electron chi connectivity index (χ4n) is 3.84. The Morgan fingerprint density at radius 3 is 2.83 bits per heavy atom. The van der Waals surface area contributed by atoms with Crippen LogP contribution in [0.5, 0.6) is 0 Å². The number of hydrogen-bond donors (Lipinski definition) is 0. The zero-order valence-corrected chi connectivity index (χ0v) is 15.4. The molecular formula is C19H21NO2S2. The van der Waals surface area contributed by atoms with Crippen molar-refractivity contribution in [1.29, 1.82) is 0 Å². The number of thiophene rings is 1. The summed E-state index contributed by atoms with van der Waals surface area (Å²) in [6.45, 7) is 2.66. The van der Waals surface area contributed by atoms with E-state index in [0.717, 1.165) is 24.8 Å². The van der Waals surface area contributed by atoms with Gasteiger partial charge >= 0.3 is 0 Å². The van der Waals surface area contributed by atoms with Gasteiger partial charge in [-0.05, 0) is 59.9 Å². The van der Waals surface area contributed by atoms with E-state index in [1.165, 1.54) is 16.0 Å². The molecular weight excluding hydrogens is 338 g/mol. The molecule has 0 radical (unpaired) electrons. The first-order chi connectivity index (χ1) is 11.6. The molecule has 0 spiro atoms. The van der Waals surface area contributed by atoms with Crippen molar-refractivity contribution in [3.05, 3.63) is 62.2 Å². The van der Waals surface area contributed by atoms with Gasteiger partial charge in [0, 0.05) is 11.4 Å². The van der Waals surface area contributed by atoms with Crippen LogP contribution in [0.1, 0.15) is 47.4 Å². The van der Waals surface area contributed by atoms with Crippen LogP contribution in [-0.2, 0) is 22.9 Å². The molecule has 1 aliphatic carbocycles. The van der Waals surface area contributed by atoms with Gasteiger partial charge in [-0.15, -0.1) is 11.3 Å². The molecule has 0 N–H and O–H groups in total. The van der Waals surface area contributed by atoms with Gasteiger partial charge in [0.1, 0.15) is 0 Å². The summed E-state index contributed by atoms with van der Waals surface area (Å²) in [6, 6.07) is 10.2. The first-order valence-electron chi connectivity index (χ1n) is 8.48. The lowest BCUT2D eigenvalue weighted by atomic mass is 9.98. The molecule has 2 heterocycles. The van der Waals surface area contributed by atoms with Crippen LogP contribution in [0.3, 0.4) is 0 Å². The van der Waals surface area contributed by atoms with Crippen molar-refractivity contribution in [3.8, 4) is 0 Å². The molecule has 4 rings (SSSR count). The number of hydrogen-bond acceptors (Lipinski definition) is 3. The third-order valence-electron chi connectivity index (χ3n) is 5.08. The van der Waals surface area contributed by atoms with Gasteiger partial charge in [-0.2, -0.15) is 4.31 Å². The summed E-state index contributed by atoms with van der Waals surface area (Å²) in [7, 11) is -3.41. The van der Waals surface area contributed by atoms with Crippen LogP contribution in [0, 0.1) is 0 Å². The standard InChI is InChI=1S/C19H21NO2S2/c1-2-18-17-10-12-23-19(17)9-11-20(18)24(21,22)16-8-7-14-5-3-4-6-15(14)13-16/h3-6,10,12-13,18H,2,7-9,11H2,1H3. The molecule has 0 saturated carbocycles. The molecule has 24 heavy (non-hydrogen) atoms. The van der Waals surface area contributed by atoms with Crippen LogP contribution in [0.2, 0.25) is 0 Å². The summed E-state index contributed by atoms with van der Waals surface area (Å²) in [4.78, 5) is 1.91. The fraction of sp³-hybridized carbons (Fsp3) is 0.368. The molecule has 0 saturated heterocycles. The van der Waals surface area contributed by atoms with Crippen molar-refractivity contribution in [1.82, 2.24) is 4.31 Å². The second-order valence-electron chi connectivity index (χ2n) is 6.40. The molecule has 1 aliphatic heterocycles. The van der Waals surface area contributed by atoms with E-state index < -0.39 is 10.0 Å². The van der Waals surface area contributed by atoms with Crippen LogP contribution < -0.4 is 0 Å². The van der Waals surface area contributed by atoms with Crippen molar-refractivity contribution in [2.24, 2.45) is 0 Å². The van der Waals surface area contributed by atoms with Gasteiger partial charge in [0.05, 0.1) is 10.9 Å². The summed E-state index contributed by atoms with van der Waals surface area (Å²) in [5, 5.41) is 2.08. The number of aryl methyl sites for hydroxylation is 1. The van der Waals surface area contributed by atoms with Crippen LogP contribution in [0.25, 0.3) is 6.08 Å². The Hall–Kier alpha value is -1.43. The van der Waals surface area contributed by atoms with E-state index in [2.05, 4.69) is 24.4 Å². The highest BCUT2D eigenvalue weighted by molar-refractivity contribution is 7.93. The number of allylic oxidation sites excluding steroid dienone is 1. The molecule has 2 aromatic rings. The summed E-state index contributed by atoms with van der Waals surface area (Å²) >= 11 is 1.75. The van der Waals surface area contributed by atoms with Crippen molar-refractivity contribution in [3.63, 3.8) is 0 Å². The molecule has 0 amide bonds. The normalized spacial score (nSPS) is 21.0. The molecule has 1 aromatic heterocycles. The maximum Gasteiger partial charge on any atom is 0.239 e. The lowest BCUT2D eigenvalue weighted by Gasteiger charge is -2.35. The van der Waals surface area contributed by atoms with Crippen molar-refractivity contribution < 1.29 is 8.42 Å². The van der Waals surface area contributed by atoms with Gasteiger partial charge in [0.25, 0.3) is 0 Å². The van der Waals surface area contributed by atoms with E-state index in [1.54, 1.807) is 15.6 Å². The smallest absolute Gasteiger partial charge is 0.207 e. The Balaban J connectivity index is 1.72. The Bertz CT molecular complexity index is 896. The van der Waals surface area contributed by atoms with Gasteiger partial charge in [0.2, 0.25) is 10.0 Å². The number of benzene rings is 1. The second kappa shape index (κ2) is 6.14. The molecule has 1 atom stereocenters.